The lowest BCUT2D eigenvalue weighted by Gasteiger charge is -2.17. The number of aromatic hydroxyl groups is 1. The van der Waals surface area contributed by atoms with E-state index in [2.05, 4.69) is 0 Å². The number of Topliss-reactive ketones (excluding diaryl/α,β-unsaturated/α-hetero) is 1. The van der Waals surface area contributed by atoms with Gasteiger partial charge in [0.1, 0.15) is 5.75 Å². The quantitative estimate of drug-likeness (QED) is 0.445. The minimum atomic E-state index is -0.105. The molecule has 0 aromatic heterocycles. The topological polar surface area (TPSA) is 63.3 Å². The number of ketones is 1. The molecule has 0 amide bonds. The van der Waals surface area contributed by atoms with E-state index in [1.165, 1.54) is 0 Å². The highest BCUT2D eigenvalue weighted by atomic mass is 16.3. The van der Waals surface area contributed by atoms with Gasteiger partial charge in [0.25, 0.3) is 0 Å². The molecule has 0 radical (unpaired) electrons. The van der Waals surface area contributed by atoms with Crippen molar-refractivity contribution in [2.24, 2.45) is 5.41 Å². The predicted octanol–water partition coefficient (Wildman–Crippen LogP) is 2.59. The average molecular weight is 207 g/mol. The number of carbonyl (C=O) groups excluding carboxylic acids is 1. The van der Waals surface area contributed by atoms with Gasteiger partial charge in [-0.2, -0.15) is 0 Å². The maximum atomic E-state index is 11.8. The fourth-order valence-corrected chi connectivity index (χ4v) is 1.36. The van der Waals surface area contributed by atoms with E-state index in [0.717, 1.165) is 0 Å². The molecule has 0 aliphatic rings. The van der Waals surface area contributed by atoms with Gasteiger partial charge in [0, 0.05) is 6.42 Å². The third-order valence-electron chi connectivity index (χ3n) is 2.06. The van der Waals surface area contributed by atoms with E-state index >= 15 is 0 Å². The molecule has 0 heterocycles. The molecular weight excluding hydrogens is 190 g/mol. The highest BCUT2D eigenvalue weighted by molar-refractivity contribution is 6.00. The van der Waals surface area contributed by atoms with Crippen LogP contribution >= 0.6 is 0 Å². The van der Waals surface area contributed by atoms with Crippen molar-refractivity contribution < 1.29 is 9.90 Å². The second kappa shape index (κ2) is 3.93. The van der Waals surface area contributed by atoms with Crippen LogP contribution in [-0.2, 0) is 0 Å². The number of anilines is 1. The van der Waals surface area contributed by atoms with Crippen LogP contribution in [0.3, 0.4) is 0 Å². The van der Waals surface area contributed by atoms with Crippen LogP contribution < -0.4 is 5.73 Å². The molecular formula is C12H17NO2. The van der Waals surface area contributed by atoms with Crippen molar-refractivity contribution in [2.45, 2.75) is 27.2 Å². The third-order valence-corrected chi connectivity index (χ3v) is 2.06. The zero-order chi connectivity index (χ0) is 11.6. The van der Waals surface area contributed by atoms with Crippen LogP contribution in [0.5, 0.6) is 5.75 Å². The van der Waals surface area contributed by atoms with Gasteiger partial charge in [-0.05, 0) is 17.5 Å². The fraction of sp³-hybridized carbons (Fsp3) is 0.417. The Hall–Kier alpha value is -1.51. The van der Waals surface area contributed by atoms with E-state index in [1.54, 1.807) is 18.2 Å². The first-order chi connectivity index (χ1) is 6.81. The molecule has 0 saturated carbocycles. The molecule has 3 heteroatoms. The molecule has 0 aliphatic heterocycles. The van der Waals surface area contributed by atoms with Crippen molar-refractivity contribution in [2.75, 3.05) is 5.73 Å². The lowest BCUT2D eigenvalue weighted by atomic mass is 9.87. The second-order valence-corrected chi connectivity index (χ2v) is 4.90. The number of nitrogens with two attached hydrogens (primary N) is 1. The number of phenolic OH excluding ortho intramolecular Hbond substituents is 1. The Bertz CT molecular complexity index is 378. The summed E-state index contributed by atoms with van der Waals surface area (Å²) in [6, 6.07) is 4.84. The number of nitrogen functional groups attached to an aromatic ring is 1. The molecule has 0 atom stereocenters. The minimum absolute atomic E-state index is 0.0766. The summed E-state index contributed by atoms with van der Waals surface area (Å²) in [5.41, 5.74) is 5.99. The highest BCUT2D eigenvalue weighted by Gasteiger charge is 2.20. The number of hydrogen-bond donors (Lipinski definition) is 2. The standard InChI is InChI=1S/C12H17NO2/c1-12(2,3)7-10(14)8-5-4-6-9(13)11(8)15/h4-6,15H,7,13H2,1-3H3. The number of hydrogen-bond acceptors (Lipinski definition) is 3. The van der Waals surface area contributed by atoms with Crippen LogP contribution in [0.1, 0.15) is 37.6 Å². The van der Waals surface area contributed by atoms with Crippen LogP contribution in [-0.4, -0.2) is 10.9 Å². The summed E-state index contributed by atoms with van der Waals surface area (Å²) >= 11 is 0. The van der Waals surface area contributed by atoms with Gasteiger partial charge < -0.3 is 10.8 Å². The fourth-order valence-electron chi connectivity index (χ4n) is 1.36. The zero-order valence-electron chi connectivity index (χ0n) is 9.37. The molecule has 82 valence electrons. The molecule has 0 fully saturated rings. The molecule has 1 rings (SSSR count). The minimum Gasteiger partial charge on any atom is -0.505 e. The van der Waals surface area contributed by atoms with Crippen LogP contribution in [0.25, 0.3) is 0 Å². The summed E-state index contributed by atoms with van der Waals surface area (Å²) in [6.45, 7) is 5.94. The average Bonchev–Trinajstić information content (AvgIpc) is 2.06. The first kappa shape index (κ1) is 11.6. The summed E-state index contributed by atoms with van der Waals surface area (Å²) in [5, 5.41) is 9.62. The van der Waals surface area contributed by atoms with Gasteiger partial charge in [0.05, 0.1) is 11.3 Å². The lowest BCUT2D eigenvalue weighted by molar-refractivity contribution is 0.0937. The van der Waals surface area contributed by atoms with Crippen LogP contribution in [0.4, 0.5) is 5.69 Å². The van der Waals surface area contributed by atoms with E-state index in [9.17, 15) is 9.90 Å². The van der Waals surface area contributed by atoms with Crippen molar-refractivity contribution in [3.8, 4) is 5.75 Å². The Morgan fingerprint density at radius 1 is 1.40 bits per heavy atom. The van der Waals surface area contributed by atoms with Gasteiger partial charge in [-0.1, -0.05) is 26.8 Å². The van der Waals surface area contributed by atoms with Gasteiger partial charge >= 0.3 is 0 Å². The Labute approximate surface area is 89.9 Å². The second-order valence-electron chi connectivity index (χ2n) is 4.90. The molecule has 1 aromatic rings. The van der Waals surface area contributed by atoms with E-state index in [0.29, 0.717) is 12.0 Å². The van der Waals surface area contributed by atoms with Crippen molar-refractivity contribution in [3.05, 3.63) is 23.8 Å². The van der Waals surface area contributed by atoms with Crippen LogP contribution in [0, 0.1) is 5.41 Å². The van der Waals surface area contributed by atoms with Crippen LogP contribution in [0.15, 0.2) is 18.2 Å². The van der Waals surface area contributed by atoms with E-state index in [-0.39, 0.29) is 22.6 Å². The number of benzene rings is 1. The number of rotatable bonds is 2. The Morgan fingerprint density at radius 2 is 2.00 bits per heavy atom. The van der Waals surface area contributed by atoms with E-state index < -0.39 is 0 Å². The highest BCUT2D eigenvalue weighted by Crippen LogP contribution is 2.29. The first-order valence-corrected chi connectivity index (χ1v) is 4.92. The molecule has 0 spiro atoms. The monoisotopic (exact) mass is 207 g/mol. The molecule has 0 aliphatic carbocycles. The lowest BCUT2D eigenvalue weighted by Crippen LogP contribution is -2.13. The third kappa shape index (κ3) is 2.98. The van der Waals surface area contributed by atoms with Gasteiger partial charge in [0.15, 0.2) is 5.78 Å². The molecule has 0 unspecified atom stereocenters. The van der Waals surface area contributed by atoms with Gasteiger partial charge in [-0.3, -0.25) is 4.79 Å². The Morgan fingerprint density at radius 3 is 2.53 bits per heavy atom. The molecule has 3 nitrogen and oxygen atoms in total. The molecule has 3 N–H and O–H groups in total. The smallest absolute Gasteiger partial charge is 0.167 e. The van der Waals surface area contributed by atoms with E-state index in [1.807, 2.05) is 20.8 Å². The normalized spacial score (nSPS) is 11.4. The summed E-state index contributed by atoms with van der Waals surface area (Å²) < 4.78 is 0. The summed E-state index contributed by atoms with van der Waals surface area (Å²) in [4.78, 5) is 11.8. The predicted molar refractivity (Wildman–Crippen MR) is 60.9 cm³/mol. The van der Waals surface area contributed by atoms with Crippen molar-refractivity contribution in [1.29, 1.82) is 0 Å². The Kier molecular flexibility index (Phi) is 3.03. The van der Waals surface area contributed by atoms with Crippen LogP contribution in [0.2, 0.25) is 0 Å². The van der Waals surface area contributed by atoms with Gasteiger partial charge in [-0.15, -0.1) is 0 Å². The summed E-state index contributed by atoms with van der Waals surface area (Å²) in [5.74, 6) is -0.181. The molecule has 1 aromatic carbocycles. The van der Waals surface area contributed by atoms with Crippen molar-refractivity contribution in [3.63, 3.8) is 0 Å². The van der Waals surface area contributed by atoms with Gasteiger partial charge in [0.2, 0.25) is 0 Å². The van der Waals surface area contributed by atoms with Crippen molar-refractivity contribution >= 4 is 11.5 Å². The summed E-state index contributed by atoms with van der Waals surface area (Å²) in [7, 11) is 0. The van der Waals surface area contributed by atoms with Crippen molar-refractivity contribution in [1.82, 2.24) is 0 Å². The number of phenols is 1. The molecule has 0 bridgehead atoms. The molecule has 15 heavy (non-hydrogen) atoms. The maximum Gasteiger partial charge on any atom is 0.167 e. The number of para-hydroxylation sites is 1. The van der Waals surface area contributed by atoms with E-state index in [4.69, 9.17) is 5.73 Å². The summed E-state index contributed by atoms with van der Waals surface area (Å²) in [6.07, 6.45) is 0.393. The molecule has 0 saturated heterocycles. The SMILES string of the molecule is CC(C)(C)CC(=O)c1cccc(N)c1O. The Balaban J connectivity index is 2.97. The first-order valence-electron chi connectivity index (χ1n) is 4.92. The zero-order valence-corrected chi connectivity index (χ0v) is 9.37. The van der Waals surface area contributed by atoms with Gasteiger partial charge in [-0.25, -0.2) is 0 Å². The largest absolute Gasteiger partial charge is 0.505 e. The number of carbonyl (C=O) groups is 1. The maximum absolute atomic E-state index is 11.8.